The third-order valence-electron chi connectivity index (χ3n) is 3.76. The summed E-state index contributed by atoms with van der Waals surface area (Å²) < 4.78 is 49.9. The summed E-state index contributed by atoms with van der Waals surface area (Å²) in [7, 11) is -7.71. The number of nitrogens with two attached hydrogens (primary N) is 1. The molecule has 0 fully saturated rings. The lowest BCUT2D eigenvalue weighted by atomic mass is 10.2. The van der Waals surface area contributed by atoms with Crippen LogP contribution in [-0.2, 0) is 20.0 Å². The molecule has 0 aliphatic carbocycles. The van der Waals surface area contributed by atoms with Crippen molar-refractivity contribution in [2.24, 2.45) is 5.14 Å². The van der Waals surface area contributed by atoms with Crippen LogP contribution in [0.1, 0.15) is 37.1 Å². The molecule has 138 valence electrons. The van der Waals surface area contributed by atoms with E-state index in [2.05, 4.69) is 5.32 Å². The molecule has 0 saturated carbocycles. The Kier molecular flexibility index (Phi) is 6.40. The molecular weight excluding hydrogens is 374 g/mol. The summed E-state index contributed by atoms with van der Waals surface area (Å²) in [6.45, 7) is 3.22. The van der Waals surface area contributed by atoms with E-state index in [9.17, 15) is 16.8 Å². The molecule has 1 aliphatic rings. The quantitative estimate of drug-likeness (QED) is 0.538. The molecule has 0 radical (unpaired) electrons. The zero-order valence-corrected chi connectivity index (χ0v) is 15.9. The fourth-order valence-electron chi connectivity index (χ4n) is 2.56. The van der Waals surface area contributed by atoms with E-state index in [1.54, 1.807) is 0 Å². The van der Waals surface area contributed by atoms with Crippen molar-refractivity contribution in [3.8, 4) is 0 Å². The molecule has 0 unspecified atom stereocenters. The molecule has 4 N–H and O–H groups in total. The Morgan fingerprint density at radius 2 is 2.17 bits per heavy atom. The van der Waals surface area contributed by atoms with Crippen LogP contribution in [0.4, 0.5) is 0 Å². The fourth-order valence-corrected chi connectivity index (χ4v) is 6.68. The molecule has 2 rings (SSSR count). The van der Waals surface area contributed by atoms with Gasteiger partial charge < -0.3 is 10.4 Å². The van der Waals surface area contributed by atoms with Crippen LogP contribution in [0.15, 0.2) is 15.2 Å². The molecule has 11 heteroatoms. The number of thiophene rings is 1. The Bertz CT molecular complexity index is 773. The monoisotopic (exact) mass is 397 g/mol. The number of fused-ring (bicyclic) bond motifs is 1. The van der Waals surface area contributed by atoms with Crippen molar-refractivity contribution >= 4 is 31.4 Å². The van der Waals surface area contributed by atoms with Gasteiger partial charge in [-0.05, 0) is 31.9 Å². The first-order valence-electron chi connectivity index (χ1n) is 7.72. The van der Waals surface area contributed by atoms with Crippen LogP contribution in [-0.4, -0.2) is 52.5 Å². The van der Waals surface area contributed by atoms with Crippen LogP contribution < -0.4 is 10.5 Å². The third-order valence-corrected chi connectivity index (χ3v) is 8.46. The maximum absolute atomic E-state index is 12.8. The van der Waals surface area contributed by atoms with Gasteiger partial charge in [-0.3, -0.25) is 0 Å². The van der Waals surface area contributed by atoms with Crippen molar-refractivity contribution in [1.29, 1.82) is 0 Å². The third kappa shape index (κ3) is 4.15. The van der Waals surface area contributed by atoms with E-state index < -0.39 is 20.0 Å². The van der Waals surface area contributed by atoms with Crippen molar-refractivity contribution in [2.75, 3.05) is 26.2 Å². The second-order valence-electron chi connectivity index (χ2n) is 5.64. The second-order valence-corrected chi connectivity index (χ2v) is 10.4. The van der Waals surface area contributed by atoms with Crippen molar-refractivity contribution < 1.29 is 21.9 Å². The number of nitrogens with one attached hydrogen (secondary N) is 1. The number of primary sulfonamides is 1. The molecule has 0 spiro atoms. The summed E-state index contributed by atoms with van der Waals surface area (Å²) in [5, 5.41) is 17.3. The molecule has 0 bridgehead atoms. The lowest BCUT2D eigenvalue weighted by molar-refractivity contribution is 0.271. The molecular formula is C13H23N3O5S3. The zero-order valence-electron chi connectivity index (χ0n) is 13.4. The number of hydrogen-bond donors (Lipinski definition) is 3. The Hall–Kier alpha value is -0.560. The summed E-state index contributed by atoms with van der Waals surface area (Å²) in [6.07, 6.45) is 1.92. The van der Waals surface area contributed by atoms with Gasteiger partial charge in [0.25, 0.3) is 0 Å². The van der Waals surface area contributed by atoms with E-state index in [1.165, 1.54) is 4.31 Å². The molecule has 24 heavy (non-hydrogen) atoms. The van der Waals surface area contributed by atoms with E-state index in [0.717, 1.165) is 23.8 Å². The van der Waals surface area contributed by atoms with Gasteiger partial charge in [0, 0.05) is 24.6 Å². The van der Waals surface area contributed by atoms with Crippen LogP contribution in [0.2, 0.25) is 0 Å². The Morgan fingerprint density at radius 1 is 1.46 bits per heavy atom. The first kappa shape index (κ1) is 19.8. The highest BCUT2D eigenvalue weighted by Gasteiger charge is 2.39. The minimum absolute atomic E-state index is 0.00463. The van der Waals surface area contributed by atoms with E-state index in [4.69, 9.17) is 10.2 Å². The SMILES string of the molecule is CCCN[C@@H]1CN(CCCCO)S(=O)(=O)c2cc(S(N)(=O)=O)sc21. The van der Waals surface area contributed by atoms with Gasteiger partial charge in [-0.25, -0.2) is 22.0 Å². The van der Waals surface area contributed by atoms with Gasteiger partial charge in [0.1, 0.15) is 4.21 Å². The Morgan fingerprint density at radius 3 is 2.75 bits per heavy atom. The summed E-state index contributed by atoms with van der Waals surface area (Å²) in [5.41, 5.74) is 0. The molecule has 0 saturated heterocycles. The molecule has 2 heterocycles. The van der Waals surface area contributed by atoms with Crippen LogP contribution in [0.5, 0.6) is 0 Å². The van der Waals surface area contributed by atoms with Crippen molar-refractivity contribution in [3.05, 3.63) is 10.9 Å². The summed E-state index contributed by atoms with van der Waals surface area (Å²) in [5.74, 6) is 0. The van der Waals surface area contributed by atoms with E-state index in [1.807, 2.05) is 6.92 Å². The first-order chi connectivity index (χ1) is 11.2. The number of aliphatic hydroxyl groups is 1. The molecule has 1 aromatic heterocycles. The summed E-state index contributed by atoms with van der Waals surface area (Å²) in [4.78, 5) is 0.506. The van der Waals surface area contributed by atoms with Gasteiger partial charge in [0.05, 0.1) is 10.9 Å². The van der Waals surface area contributed by atoms with Crippen LogP contribution in [0, 0.1) is 0 Å². The normalized spacial score (nSPS) is 20.9. The maximum atomic E-state index is 12.8. The minimum atomic E-state index is -3.95. The molecule has 1 atom stereocenters. The van der Waals surface area contributed by atoms with Gasteiger partial charge in [0.2, 0.25) is 20.0 Å². The largest absolute Gasteiger partial charge is 0.396 e. The average molecular weight is 398 g/mol. The zero-order chi connectivity index (χ0) is 18.0. The Balaban J connectivity index is 2.42. The van der Waals surface area contributed by atoms with E-state index in [0.29, 0.717) is 24.3 Å². The fraction of sp³-hybridized carbons (Fsp3) is 0.692. The van der Waals surface area contributed by atoms with Crippen LogP contribution in [0.25, 0.3) is 0 Å². The highest BCUT2D eigenvalue weighted by molar-refractivity contribution is 7.92. The summed E-state index contributed by atoms with van der Waals surface area (Å²) >= 11 is 0.912. The number of nitrogens with zero attached hydrogens (tertiary/aromatic N) is 1. The van der Waals surface area contributed by atoms with Crippen molar-refractivity contribution in [3.63, 3.8) is 0 Å². The van der Waals surface area contributed by atoms with Crippen molar-refractivity contribution in [2.45, 2.75) is 41.3 Å². The number of hydrogen-bond acceptors (Lipinski definition) is 7. The smallest absolute Gasteiger partial charge is 0.247 e. The number of sulfonamides is 2. The van der Waals surface area contributed by atoms with E-state index >= 15 is 0 Å². The number of rotatable bonds is 8. The van der Waals surface area contributed by atoms with Gasteiger partial charge in [0.15, 0.2) is 0 Å². The summed E-state index contributed by atoms with van der Waals surface area (Å²) in [6, 6.07) is 0.891. The van der Waals surface area contributed by atoms with Gasteiger partial charge in [-0.1, -0.05) is 6.92 Å². The van der Waals surface area contributed by atoms with E-state index in [-0.39, 0.29) is 34.8 Å². The second kappa shape index (κ2) is 7.77. The maximum Gasteiger partial charge on any atom is 0.247 e. The van der Waals surface area contributed by atoms with Gasteiger partial charge in [-0.15, -0.1) is 11.3 Å². The Labute approximate surface area is 146 Å². The van der Waals surface area contributed by atoms with Gasteiger partial charge in [-0.2, -0.15) is 4.31 Å². The molecule has 1 aromatic rings. The predicted octanol–water partition coefficient (Wildman–Crippen LogP) is 0.213. The lowest BCUT2D eigenvalue weighted by Crippen LogP contribution is -2.43. The highest BCUT2D eigenvalue weighted by atomic mass is 32.2. The van der Waals surface area contributed by atoms with Crippen LogP contribution >= 0.6 is 11.3 Å². The van der Waals surface area contributed by atoms with Gasteiger partial charge >= 0.3 is 0 Å². The van der Waals surface area contributed by atoms with Crippen LogP contribution in [0.3, 0.4) is 0 Å². The average Bonchev–Trinajstić information content (AvgIpc) is 2.95. The molecule has 1 aliphatic heterocycles. The topological polar surface area (TPSA) is 130 Å². The lowest BCUT2D eigenvalue weighted by Gasteiger charge is -2.32. The number of aliphatic hydroxyl groups excluding tert-OH is 1. The predicted molar refractivity (Wildman–Crippen MR) is 91.8 cm³/mol. The highest BCUT2D eigenvalue weighted by Crippen LogP contribution is 2.39. The molecule has 8 nitrogen and oxygen atoms in total. The molecule has 0 aromatic carbocycles. The standard InChI is InChI=1S/C13H23N3O5S3/c1-2-5-15-10-9-16(6-3-4-7-17)24(20,21)11-8-12(22-13(10)11)23(14,18)19/h8,10,15,17H,2-7,9H2,1H3,(H2,14,18,19)/t10-/m1/s1. The number of unbranched alkanes of at least 4 members (excludes halogenated alkanes) is 1. The molecule has 0 amide bonds. The van der Waals surface area contributed by atoms with Crippen molar-refractivity contribution in [1.82, 2.24) is 9.62 Å². The minimum Gasteiger partial charge on any atom is -0.396 e. The first-order valence-corrected chi connectivity index (χ1v) is 11.5.